The van der Waals surface area contributed by atoms with E-state index in [4.69, 9.17) is 31.9 Å². The van der Waals surface area contributed by atoms with Crippen LogP contribution < -0.4 is 0 Å². The molecule has 0 saturated heterocycles. The Morgan fingerprint density at radius 3 is 1.61 bits per heavy atom. The fourth-order valence-corrected chi connectivity index (χ4v) is 11.5. The highest BCUT2D eigenvalue weighted by Crippen LogP contribution is 2.61. The smallest absolute Gasteiger partial charge is 0.462 e. The minimum Gasteiger partial charge on any atom is -0.462 e. The van der Waals surface area contributed by atoms with E-state index in [1.165, 1.54) is 25.7 Å². The Morgan fingerprint density at radius 2 is 1.18 bits per heavy atom. The molecule has 51 heavy (non-hydrogen) atoms. The summed E-state index contributed by atoms with van der Waals surface area (Å²) in [6.45, 7) is 24.0. The molecular formula is C39H74NO9PSi. The highest BCUT2D eigenvalue weighted by molar-refractivity contribution is 7.54. The number of benzene rings is 1. The van der Waals surface area contributed by atoms with Crippen LogP contribution in [0.1, 0.15) is 152 Å². The number of carbonyl (C=O) groups excluding carboxylic acids is 1. The van der Waals surface area contributed by atoms with Crippen LogP contribution in [0.15, 0.2) is 30.3 Å². The summed E-state index contributed by atoms with van der Waals surface area (Å²) >= 11 is 0. The van der Waals surface area contributed by atoms with Gasteiger partial charge in [-0.2, -0.15) is 5.06 Å². The minimum absolute atomic E-state index is 0.0309. The molecule has 1 rings (SSSR count). The molecule has 0 aliphatic heterocycles. The maximum atomic E-state index is 14.3. The lowest BCUT2D eigenvalue weighted by Gasteiger charge is -2.48. The summed E-state index contributed by atoms with van der Waals surface area (Å²) in [5.41, 5.74) is -0.284. The second kappa shape index (κ2) is 25.0. The van der Waals surface area contributed by atoms with Crippen LogP contribution in [0.2, 0.25) is 6.04 Å². The van der Waals surface area contributed by atoms with E-state index in [1.807, 2.05) is 106 Å². The maximum absolute atomic E-state index is 14.3. The molecule has 0 saturated carbocycles. The van der Waals surface area contributed by atoms with E-state index >= 15 is 0 Å². The van der Waals surface area contributed by atoms with Crippen LogP contribution in [0, 0.1) is 5.41 Å². The van der Waals surface area contributed by atoms with E-state index < -0.39 is 39.2 Å². The molecule has 0 aliphatic rings. The summed E-state index contributed by atoms with van der Waals surface area (Å²) in [5.74, 6) is -0.969. The van der Waals surface area contributed by atoms with E-state index in [0.29, 0.717) is 26.2 Å². The molecule has 0 bridgehead atoms. The molecule has 0 N–H and O–H groups in total. The van der Waals surface area contributed by atoms with Gasteiger partial charge in [-0.25, -0.2) is 0 Å². The van der Waals surface area contributed by atoms with E-state index in [9.17, 15) is 9.36 Å². The Hall–Kier alpha value is -1.14. The highest BCUT2D eigenvalue weighted by Gasteiger charge is 2.52. The van der Waals surface area contributed by atoms with Crippen LogP contribution in [0.25, 0.3) is 0 Å². The molecule has 0 fully saturated rings. The first-order chi connectivity index (χ1) is 24.1. The van der Waals surface area contributed by atoms with Crippen molar-refractivity contribution in [2.24, 2.45) is 5.41 Å². The lowest BCUT2D eigenvalue weighted by Crippen LogP contribution is -2.54. The van der Waals surface area contributed by atoms with Crippen molar-refractivity contribution in [3.8, 4) is 0 Å². The van der Waals surface area contributed by atoms with Gasteiger partial charge < -0.3 is 27.1 Å². The van der Waals surface area contributed by atoms with E-state index in [-0.39, 0.29) is 25.8 Å². The zero-order valence-electron chi connectivity index (χ0n) is 34.1. The first-order valence-corrected chi connectivity index (χ1v) is 23.1. The Kier molecular flexibility index (Phi) is 23.5. The van der Waals surface area contributed by atoms with Gasteiger partial charge in [-0.1, -0.05) is 96.0 Å². The van der Waals surface area contributed by atoms with Crippen molar-refractivity contribution in [3.63, 3.8) is 0 Å². The predicted octanol–water partition coefficient (Wildman–Crippen LogP) is 10.9. The van der Waals surface area contributed by atoms with Gasteiger partial charge >= 0.3 is 22.4 Å². The third-order valence-electron chi connectivity index (χ3n) is 8.34. The van der Waals surface area contributed by atoms with Gasteiger partial charge in [-0.3, -0.25) is 14.2 Å². The first-order valence-electron chi connectivity index (χ1n) is 19.6. The Morgan fingerprint density at radius 1 is 0.706 bits per heavy atom. The Bertz CT molecular complexity index is 1070. The molecule has 2 atom stereocenters. The normalized spacial score (nSPS) is 14.2. The van der Waals surface area contributed by atoms with E-state index in [0.717, 1.165) is 43.7 Å². The topological polar surface area (TPSA) is 102 Å². The summed E-state index contributed by atoms with van der Waals surface area (Å²) in [4.78, 5) is 19.7. The molecular weight excluding hydrogens is 685 g/mol. The maximum Gasteiger partial charge on any atom is 0.500 e. The quantitative estimate of drug-likeness (QED) is 0.0258. The number of rotatable bonds is 29. The van der Waals surface area contributed by atoms with Crippen molar-refractivity contribution < 1.29 is 41.3 Å². The number of carbonyl (C=O) groups is 1. The van der Waals surface area contributed by atoms with Crippen molar-refractivity contribution in [2.75, 3.05) is 39.6 Å². The molecule has 10 nitrogen and oxygen atoms in total. The van der Waals surface area contributed by atoms with Crippen molar-refractivity contribution in [1.29, 1.82) is 0 Å². The zero-order chi connectivity index (χ0) is 38.4. The Balaban J connectivity index is 2.69. The average molecular weight is 760 g/mol. The van der Waals surface area contributed by atoms with Gasteiger partial charge in [0.1, 0.15) is 18.5 Å². The molecule has 0 spiro atoms. The fourth-order valence-electron chi connectivity index (χ4n) is 6.16. The summed E-state index contributed by atoms with van der Waals surface area (Å²) in [6, 6.07) is 10.6. The Labute approximate surface area is 312 Å². The number of esters is 1. The van der Waals surface area contributed by atoms with Gasteiger partial charge in [0.05, 0.1) is 13.2 Å². The zero-order valence-corrected chi connectivity index (χ0v) is 36.0. The molecule has 0 radical (unpaired) electrons. The predicted molar refractivity (Wildman–Crippen MR) is 209 cm³/mol. The summed E-state index contributed by atoms with van der Waals surface area (Å²) in [7, 11) is -6.19. The fraction of sp³-hybridized carbons (Fsp3) is 0.821. The number of hydrogen-bond donors (Lipinski definition) is 0. The first kappa shape index (κ1) is 47.9. The molecule has 12 heteroatoms. The number of nitrogens with zero attached hydrogens (tertiary/aromatic N) is 1. The molecule has 0 aliphatic carbocycles. The van der Waals surface area contributed by atoms with E-state index in [2.05, 4.69) is 0 Å². The summed E-state index contributed by atoms with van der Waals surface area (Å²) < 4.78 is 49.8. The van der Waals surface area contributed by atoms with Crippen molar-refractivity contribution in [2.45, 2.75) is 164 Å². The molecule has 0 amide bonds. The van der Waals surface area contributed by atoms with Crippen LogP contribution in [-0.4, -0.2) is 70.8 Å². The minimum atomic E-state index is -3.66. The molecule has 298 valence electrons. The van der Waals surface area contributed by atoms with Crippen LogP contribution in [-0.2, 0) is 41.3 Å². The molecule has 1 aromatic carbocycles. The van der Waals surface area contributed by atoms with Crippen molar-refractivity contribution in [3.05, 3.63) is 35.9 Å². The van der Waals surface area contributed by atoms with Crippen LogP contribution in [0.3, 0.4) is 0 Å². The highest BCUT2D eigenvalue weighted by atomic mass is 31.2. The summed E-state index contributed by atoms with van der Waals surface area (Å²) in [6.07, 6.45) is 9.63. The second-order valence-corrected chi connectivity index (χ2v) is 19.8. The van der Waals surface area contributed by atoms with Crippen LogP contribution >= 0.6 is 7.60 Å². The van der Waals surface area contributed by atoms with Gasteiger partial charge in [-0.05, 0) is 79.2 Å². The SMILES string of the molecule is CCO[Si](CCCCCCCCCCCC(=O)OCC(ON(C(C(C)(C)C)P(=O)(OCC)OCC)C(C)(C)C)c1ccccc1)(OCC)OCC. The monoisotopic (exact) mass is 759 g/mol. The van der Waals surface area contributed by atoms with Crippen molar-refractivity contribution >= 4 is 22.4 Å². The van der Waals surface area contributed by atoms with Gasteiger partial charge in [-0.15, -0.1) is 0 Å². The van der Waals surface area contributed by atoms with Gasteiger partial charge in [0.2, 0.25) is 0 Å². The lowest BCUT2D eigenvalue weighted by atomic mass is 9.94. The molecule has 1 aromatic rings. The number of unbranched alkanes of at least 4 members (excludes halogenated alkanes) is 8. The molecule has 0 aromatic heterocycles. The number of hydrogen-bond acceptors (Lipinski definition) is 10. The molecule has 0 heterocycles. The average Bonchev–Trinajstić information content (AvgIpc) is 3.04. The van der Waals surface area contributed by atoms with Gasteiger partial charge in [0.15, 0.2) is 0 Å². The van der Waals surface area contributed by atoms with Crippen molar-refractivity contribution in [1.82, 2.24) is 5.06 Å². The van der Waals surface area contributed by atoms with Crippen LogP contribution in [0.5, 0.6) is 0 Å². The number of ether oxygens (including phenoxy) is 1. The van der Waals surface area contributed by atoms with Gasteiger partial charge in [0.25, 0.3) is 0 Å². The third kappa shape index (κ3) is 18.2. The standard InChI is InChI=1S/C39H74NO9PSi/c1-12-44-50(42,45-13-2)37(38(6,7)8)40(39(9,10)11)49-35(34-29-25-24-26-30-34)33-43-36(41)31-27-22-20-18-17-19-21-23-28-32-51(46-14-3,47-15-4)48-16-5/h24-26,29-30,35,37H,12-23,27-28,31-33H2,1-11H3. The summed E-state index contributed by atoms with van der Waals surface area (Å²) in [5, 5.41) is 1.75. The van der Waals surface area contributed by atoms with Gasteiger partial charge in [0, 0.05) is 37.8 Å². The third-order valence-corrected chi connectivity index (χ3v) is 14.3. The molecule has 2 unspecified atom stereocenters. The number of hydroxylamine groups is 2. The van der Waals surface area contributed by atoms with Crippen LogP contribution in [0.4, 0.5) is 0 Å². The van der Waals surface area contributed by atoms with E-state index in [1.54, 1.807) is 5.06 Å². The largest absolute Gasteiger partial charge is 0.500 e. The lowest BCUT2D eigenvalue weighted by molar-refractivity contribution is -0.275. The second-order valence-electron chi connectivity index (χ2n) is 15.0.